The van der Waals surface area contributed by atoms with Crippen LogP contribution in [0.15, 0.2) is 53.5 Å². The third kappa shape index (κ3) is 4.99. The number of carbonyl (C=O) groups excluding carboxylic acids is 1. The van der Waals surface area contributed by atoms with Gasteiger partial charge >= 0.3 is 0 Å². The summed E-state index contributed by atoms with van der Waals surface area (Å²) in [7, 11) is 1.65. The normalized spacial score (nSPS) is 11.7. The third-order valence-corrected chi connectivity index (χ3v) is 5.07. The molecule has 3 rings (SSSR count). The number of ether oxygens (including phenoxy) is 3. The second-order valence-corrected chi connectivity index (χ2v) is 6.99. The van der Waals surface area contributed by atoms with Crippen LogP contribution in [0.4, 0.5) is 0 Å². The zero-order chi connectivity index (χ0) is 19.8. The zero-order valence-electron chi connectivity index (χ0n) is 16.1. The van der Waals surface area contributed by atoms with E-state index in [9.17, 15) is 4.79 Å². The van der Waals surface area contributed by atoms with E-state index in [0.29, 0.717) is 31.2 Å². The van der Waals surface area contributed by atoms with Gasteiger partial charge in [0.15, 0.2) is 4.80 Å². The molecular formula is C21H24N2O4S. The molecule has 0 spiro atoms. The van der Waals surface area contributed by atoms with Crippen molar-refractivity contribution in [3.63, 3.8) is 0 Å². The number of para-hydroxylation sites is 2. The van der Waals surface area contributed by atoms with Crippen molar-refractivity contribution in [2.75, 3.05) is 26.9 Å². The van der Waals surface area contributed by atoms with E-state index in [4.69, 9.17) is 14.2 Å². The molecule has 0 aliphatic heterocycles. The first kappa shape index (κ1) is 20.1. The second kappa shape index (κ2) is 10.1. The Morgan fingerprint density at radius 3 is 2.64 bits per heavy atom. The molecule has 28 heavy (non-hydrogen) atoms. The van der Waals surface area contributed by atoms with E-state index in [0.717, 1.165) is 21.7 Å². The number of benzene rings is 2. The van der Waals surface area contributed by atoms with Crippen LogP contribution < -0.4 is 14.3 Å². The molecule has 0 saturated carbocycles. The lowest BCUT2D eigenvalue weighted by atomic mass is 10.3. The van der Waals surface area contributed by atoms with Crippen LogP contribution >= 0.6 is 11.3 Å². The highest BCUT2D eigenvalue weighted by molar-refractivity contribution is 7.16. The van der Waals surface area contributed by atoms with E-state index >= 15 is 0 Å². The van der Waals surface area contributed by atoms with Crippen molar-refractivity contribution in [2.24, 2.45) is 4.99 Å². The maximum Gasteiger partial charge on any atom is 0.251 e. The number of aromatic nitrogens is 1. The molecule has 1 amide bonds. The number of carbonyl (C=O) groups is 1. The standard InChI is InChI=1S/C21H24N2O4S/c1-3-26-17-10-7-11-18-20(17)23(13-15-25-2)21(28-18)22-19(24)12-14-27-16-8-5-4-6-9-16/h4-11H,3,12-15H2,1-2H3. The average molecular weight is 401 g/mol. The summed E-state index contributed by atoms with van der Waals surface area (Å²) in [6.45, 7) is 3.92. The van der Waals surface area contributed by atoms with Gasteiger partial charge in [0.05, 0.1) is 30.9 Å². The number of hydrogen-bond donors (Lipinski definition) is 0. The molecule has 0 bridgehead atoms. The fourth-order valence-electron chi connectivity index (χ4n) is 2.78. The van der Waals surface area contributed by atoms with Gasteiger partial charge in [-0.15, -0.1) is 0 Å². The summed E-state index contributed by atoms with van der Waals surface area (Å²) in [6, 6.07) is 15.3. The number of thiazole rings is 1. The number of rotatable bonds is 9. The largest absolute Gasteiger partial charge is 0.493 e. The van der Waals surface area contributed by atoms with Gasteiger partial charge in [0.2, 0.25) is 0 Å². The second-order valence-electron chi connectivity index (χ2n) is 5.98. The van der Waals surface area contributed by atoms with E-state index in [1.165, 1.54) is 11.3 Å². The van der Waals surface area contributed by atoms with Crippen molar-refractivity contribution in [1.82, 2.24) is 4.57 Å². The molecular weight excluding hydrogens is 376 g/mol. The van der Waals surface area contributed by atoms with Gasteiger partial charge in [0.25, 0.3) is 5.91 Å². The number of fused-ring (bicyclic) bond motifs is 1. The van der Waals surface area contributed by atoms with Crippen molar-refractivity contribution >= 4 is 27.5 Å². The summed E-state index contributed by atoms with van der Waals surface area (Å²) >= 11 is 1.47. The van der Waals surface area contributed by atoms with Crippen molar-refractivity contribution in [2.45, 2.75) is 19.9 Å². The molecule has 0 N–H and O–H groups in total. The average Bonchev–Trinajstić information content (AvgIpc) is 3.05. The van der Waals surface area contributed by atoms with Gasteiger partial charge in [-0.3, -0.25) is 4.79 Å². The van der Waals surface area contributed by atoms with Gasteiger partial charge < -0.3 is 18.8 Å². The minimum Gasteiger partial charge on any atom is -0.493 e. The Balaban J connectivity index is 1.83. The molecule has 2 aromatic carbocycles. The summed E-state index contributed by atoms with van der Waals surface area (Å²) in [5.74, 6) is 1.31. The molecule has 0 radical (unpaired) electrons. The van der Waals surface area contributed by atoms with E-state index < -0.39 is 0 Å². The first-order valence-electron chi connectivity index (χ1n) is 9.22. The minimum atomic E-state index is -0.216. The van der Waals surface area contributed by atoms with Crippen LogP contribution in [-0.4, -0.2) is 37.4 Å². The molecule has 3 aromatic rings. The number of hydrogen-bond acceptors (Lipinski definition) is 5. The van der Waals surface area contributed by atoms with Crippen LogP contribution in [0.25, 0.3) is 10.2 Å². The monoisotopic (exact) mass is 400 g/mol. The van der Waals surface area contributed by atoms with Gasteiger partial charge in [0.1, 0.15) is 17.0 Å². The number of methoxy groups -OCH3 is 1. The maximum absolute atomic E-state index is 12.4. The highest BCUT2D eigenvalue weighted by atomic mass is 32.1. The van der Waals surface area contributed by atoms with Crippen molar-refractivity contribution in [1.29, 1.82) is 0 Å². The summed E-state index contributed by atoms with van der Waals surface area (Å²) in [6.07, 6.45) is 0.214. The smallest absolute Gasteiger partial charge is 0.251 e. The fourth-order valence-corrected chi connectivity index (χ4v) is 3.87. The molecule has 7 heteroatoms. The zero-order valence-corrected chi connectivity index (χ0v) is 16.9. The van der Waals surface area contributed by atoms with Crippen LogP contribution in [0, 0.1) is 0 Å². The Morgan fingerprint density at radius 2 is 1.89 bits per heavy atom. The molecule has 0 atom stereocenters. The van der Waals surface area contributed by atoms with Gasteiger partial charge in [0, 0.05) is 13.7 Å². The number of amides is 1. The number of nitrogens with zero attached hydrogens (tertiary/aromatic N) is 2. The van der Waals surface area contributed by atoms with Crippen LogP contribution in [-0.2, 0) is 16.1 Å². The Kier molecular flexibility index (Phi) is 7.22. The molecule has 1 aromatic heterocycles. The van der Waals surface area contributed by atoms with Crippen molar-refractivity contribution in [3.05, 3.63) is 53.3 Å². The molecule has 0 aliphatic carbocycles. The lowest BCUT2D eigenvalue weighted by Gasteiger charge is -2.09. The highest BCUT2D eigenvalue weighted by Gasteiger charge is 2.12. The lowest BCUT2D eigenvalue weighted by molar-refractivity contribution is -0.118. The molecule has 0 saturated heterocycles. The molecule has 1 heterocycles. The quantitative estimate of drug-likeness (QED) is 0.550. The molecule has 0 fully saturated rings. The van der Waals surface area contributed by atoms with Crippen LogP contribution in [0.2, 0.25) is 0 Å². The van der Waals surface area contributed by atoms with Crippen LogP contribution in [0.1, 0.15) is 13.3 Å². The third-order valence-electron chi connectivity index (χ3n) is 4.03. The SMILES string of the molecule is CCOc1cccc2sc(=NC(=O)CCOc3ccccc3)n(CCOC)c12. The van der Waals surface area contributed by atoms with Gasteiger partial charge in [-0.1, -0.05) is 35.6 Å². The van der Waals surface area contributed by atoms with Crippen LogP contribution in [0.5, 0.6) is 11.5 Å². The maximum atomic E-state index is 12.4. The fraction of sp³-hybridized carbons (Fsp3) is 0.333. The van der Waals surface area contributed by atoms with E-state index in [2.05, 4.69) is 4.99 Å². The molecule has 0 unspecified atom stereocenters. The Bertz CT molecular complexity index is 979. The van der Waals surface area contributed by atoms with Crippen LogP contribution in [0.3, 0.4) is 0 Å². The topological polar surface area (TPSA) is 62.0 Å². The van der Waals surface area contributed by atoms with E-state index in [-0.39, 0.29) is 12.3 Å². The summed E-state index contributed by atoms with van der Waals surface area (Å²) in [5.41, 5.74) is 0.943. The summed E-state index contributed by atoms with van der Waals surface area (Å²) in [5, 5.41) is 0. The summed E-state index contributed by atoms with van der Waals surface area (Å²) in [4.78, 5) is 17.4. The predicted molar refractivity (Wildman–Crippen MR) is 110 cm³/mol. The van der Waals surface area contributed by atoms with Crippen molar-refractivity contribution < 1.29 is 19.0 Å². The van der Waals surface area contributed by atoms with Crippen molar-refractivity contribution in [3.8, 4) is 11.5 Å². The van der Waals surface area contributed by atoms with Gasteiger partial charge in [-0.2, -0.15) is 4.99 Å². The first-order chi connectivity index (χ1) is 13.7. The Labute approximate surface area is 168 Å². The van der Waals surface area contributed by atoms with E-state index in [1.807, 2.05) is 60.0 Å². The predicted octanol–water partition coefficient (Wildman–Crippen LogP) is 3.64. The molecule has 148 valence electrons. The van der Waals surface area contributed by atoms with E-state index in [1.54, 1.807) is 7.11 Å². The Hall–Kier alpha value is -2.64. The Morgan fingerprint density at radius 1 is 1.07 bits per heavy atom. The van der Waals surface area contributed by atoms with Gasteiger partial charge in [-0.25, -0.2) is 0 Å². The highest BCUT2D eigenvalue weighted by Crippen LogP contribution is 2.27. The van der Waals surface area contributed by atoms with Gasteiger partial charge in [-0.05, 0) is 31.2 Å². The first-order valence-corrected chi connectivity index (χ1v) is 10.0. The minimum absolute atomic E-state index is 0.214. The lowest BCUT2D eigenvalue weighted by Crippen LogP contribution is -2.20. The molecule has 0 aliphatic rings. The summed E-state index contributed by atoms with van der Waals surface area (Å²) < 4.78 is 19.6. The molecule has 6 nitrogen and oxygen atoms in total.